The number of ether oxygens (including phenoxy) is 3. The van der Waals surface area contributed by atoms with Crippen LogP contribution >= 0.6 is 0 Å². The summed E-state index contributed by atoms with van der Waals surface area (Å²) >= 11 is 0. The summed E-state index contributed by atoms with van der Waals surface area (Å²) in [6, 6.07) is 0. The first-order chi connectivity index (χ1) is 29.5. The Bertz CT molecular complexity index is 1020. The molecule has 0 aromatic rings. The Balaban J connectivity index is 4.34. The minimum Gasteiger partial charge on any atom is -0.462 e. The minimum atomic E-state index is -0.778. The van der Waals surface area contributed by atoms with Crippen LogP contribution in [0.5, 0.6) is 0 Å². The monoisotopic (exact) mass is 843 g/mol. The second-order valence-corrected chi connectivity index (χ2v) is 17.4. The lowest BCUT2D eigenvalue weighted by Crippen LogP contribution is -2.30. The zero-order valence-corrected chi connectivity index (χ0v) is 40.0. The molecule has 1 atom stereocenters. The Hall–Kier alpha value is -2.37. The van der Waals surface area contributed by atoms with Crippen molar-refractivity contribution in [3.63, 3.8) is 0 Å². The van der Waals surface area contributed by atoms with Gasteiger partial charge in [-0.1, -0.05) is 224 Å². The highest BCUT2D eigenvalue weighted by atomic mass is 16.6. The molecule has 0 radical (unpaired) electrons. The molecule has 0 rings (SSSR count). The SMILES string of the molecule is CCCC/C=C\C/C=C\CCCCCCCC(=O)OC(COC(=O)CCCCCCC/C=C\CCCC)COC(=O)CCCCCCCCCCCCCCCCCCC. The summed E-state index contributed by atoms with van der Waals surface area (Å²) in [6.45, 7) is 6.56. The van der Waals surface area contributed by atoms with E-state index in [2.05, 4.69) is 57.2 Å². The van der Waals surface area contributed by atoms with Crippen LogP contribution in [0.3, 0.4) is 0 Å². The van der Waals surface area contributed by atoms with Gasteiger partial charge in [-0.3, -0.25) is 14.4 Å². The molecule has 0 aliphatic heterocycles. The number of hydrogen-bond donors (Lipinski definition) is 0. The summed E-state index contributed by atoms with van der Waals surface area (Å²) in [5.74, 6) is -0.892. The maximum absolute atomic E-state index is 12.8. The third-order valence-corrected chi connectivity index (χ3v) is 11.4. The van der Waals surface area contributed by atoms with Crippen molar-refractivity contribution in [1.82, 2.24) is 0 Å². The zero-order valence-electron chi connectivity index (χ0n) is 40.0. The lowest BCUT2D eigenvalue weighted by molar-refractivity contribution is -0.167. The minimum absolute atomic E-state index is 0.0776. The second kappa shape index (κ2) is 49.3. The fourth-order valence-corrected chi connectivity index (χ4v) is 7.38. The molecular formula is C54H98O6. The highest BCUT2D eigenvalue weighted by Gasteiger charge is 2.19. The van der Waals surface area contributed by atoms with E-state index in [1.54, 1.807) is 0 Å². The van der Waals surface area contributed by atoms with Gasteiger partial charge in [0.25, 0.3) is 0 Å². The van der Waals surface area contributed by atoms with E-state index >= 15 is 0 Å². The summed E-state index contributed by atoms with van der Waals surface area (Å²) in [7, 11) is 0. The van der Waals surface area contributed by atoms with Gasteiger partial charge in [-0.2, -0.15) is 0 Å². The van der Waals surface area contributed by atoms with Crippen molar-refractivity contribution >= 4 is 17.9 Å². The lowest BCUT2D eigenvalue weighted by Gasteiger charge is -2.18. The Morgan fingerprint density at radius 1 is 0.333 bits per heavy atom. The average Bonchev–Trinajstić information content (AvgIpc) is 3.24. The predicted molar refractivity (Wildman–Crippen MR) is 256 cm³/mol. The number of carbonyl (C=O) groups excluding carboxylic acids is 3. The summed E-state index contributed by atoms with van der Waals surface area (Å²) in [5.41, 5.74) is 0. The molecule has 0 bridgehead atoms. The van der Waals surface area contributed by atoms with Crippen LogP contribution in [0, 0.1) is 0 Å². The van der Waals surface area contributed by atoms with Gasteiger partial charge in [-0.25, -0.2) is 0 Å². The molecule has 350 valence electrons. The van der Waals surface area contributed by atoms with Crippen molar-refractivity contribution in [3.8, 4) is 0 Å². The maximum atomic E-state index is 12.8. The van der Waals surface area contributed by atoms with Crippen LogP contribution in [0.25, 0.3) is 0 Å². The highest BCUT2D eigenvalue weighted by molar-refractivity contribution is 5.71. The van der Waals surface area contributed by atoms with Gasteiger partial charge in [-0.15, -0.1) is 0 Å². The van der Waals surface area contributed by atoms with E-state index in [0.29, 0.717) is 19.3 Å². The number of rotatable bonds is 47. The van der Waals surface area contributed by atoms with Crippen LogP contribution in [-0.4, -0.2) is 37.2 Å². The van der Waals surface area contributed by atoms with Crippen LogP contribution < -0.4 is 0 Å². The van der Waals surface area contributed by atoms with Gasteiger partial charge in [0.2, 0.25) is 0 Å². The third kappa shape index (κ3) is 46.7. The molecule has 0 aliphatic rings. The maximum Gasteiger partial charge on any atom is 0.306 e. The van der Waals surface area contributed by atoms with E-state index in [4.69, 9.17) is 14.2 Å². The van der Waals surface area contributed by atoms with Crippen molar-refractivity contribution in [1.29, 1.82) is 0 Å². The molecule has 0 saturated carbocycles. The number of hydrogen-bond acceptors (Lipinski definition) is 6. The number of unbranched alkanes of at least 4 members (excludes halogenated alkanes) is 30. The fraction of sp³-hybridized carbons (Fsp3) is 0.833. The van der Waals surface area contributed by atoms with Gasteiger partial charge in [0, 0.05) is 19.3 Å². The van der Waals surface area contributed by atoms with Crippen LogP contribution in [-0.2, 0) is 28.6 Å². The van der Waals surface area contributed by atoms with E-state index < -0.39 is 6.10 Å². The van der Waals surface area contributed by atoms with Crippen LogP contribution in [0.1, 0.15) is 271 Å². The molecule has 6 nitrogen and oxygen atoms in total. The summed E-state index contributed by atoms with van der Waals surface area (Å²) in [5, 5.41) is 0. The van der Waals surface area contributed by atoms with Gasteiger partial charge in [0.05, 0.1) is 0 Å². The molecule has 0 aliphatic carbocycles. The van der Waals surface area contributed by atoms with Crippen molar-refractivity contribution in [3.05, 3.63) is 36.5 Å². The van der Waals surface area contributed by atoms with Crippen molar-refractivity contribution in [2.75, 3.05) is 13.2 Å². The topological polar surface area (TPSA) is 78.9 Å². The molecule has 6 heteroatoms. The average molecular weight is 843 g/mol. The number of carbonyl (C=O) groups is 3. The Kier molecular flexibility index (Phi) is 47.3. The smallest absolute Gasteiger partial charge is 0.306 e. The largest absolute Gasteiger partial charge is 0.462 e. The lowest BCUT2D eigenvalue weighted by atomic mass is 10.0. The van der Waals surface area contributed by atoms with Gasteiger partial charge < -0.3 is 14.2 Å². The Labute approximate surface area is 372 Å². The van der Waals surface area contributed by atoms with E-state index in [0.717, 1.165) is 89.9 Å². The quantitative estimate of drug-likeness (QED) is 0.0263. The molecule has 0 aromatic carbocycles. The van der Waals surface area contributed by atoms with Gasteiger partial charge >= 0.3 is 17.9 Å². The molecule has 1 unspecified atom stereocenters. The van der Waals surface area contributed by atoms with E-state index in [1.165, 1.54) is 141 Å². The molecule has 0 N–H and O–H groups in total. The van der Waals surface area contributed by atoms with Gasteiger partial charge in [-0.05, 0) is 64.2 Å². The normalized spacial score (nSPS) is 12.2. The number of allylic oxidation sites excluding steroid dienone is 6. The Morgan fingerprint density at radius 3 is 0.983 bits per heavy atom. The first-order valence-corrected chi connectivity index (χ1v) is 26.0. The Morgan fingerprint density at radius 2 is 0.617 bits per heavy atom. The van der Waals surface area contributed by atoms with Crippen LogP contribution in [0.15, 0.2) is 36.5 Å². The van der Waals surface area contributed by atoms with Gasteiger partial charge in [0.1, 0.15) is 13.2 Å². The molecule has 60 heavy (non-hydrogen) atoms. The predicted octanol–water partition coefficient (Wildman–Crippen LogP) is 16.9. The molecule has 0 saturated heterocycles. The van der Waals surface area contributed by atoms with Crippen molar-refractivity contribution in [2.45, 2.75) is 277 Å². The van der Waals surface area contributed by atoms with Crippen molar-refractivity contribution in [2.24, 2.45) is 0 Å². The zero-order chi connectivity index (χ0) is 43.7. The molecule has 0 aromatic heterocycles. The van der Waals surface area contributed by atoms with Crippen molar-refractivity contribution < 1.29 is 28.6 Å². The summed E-state index contributed by atoms with van der Waals surface area (Å²) < 4.78 is 16.8. The molecule has 0 spiro atoms. The summed E-state index contributed by atoms with van der Waals surface area (Å²) in [6.07, 6.45) is 57.0. The standard InChI is InChI=1S/C54H98O6/c1-4-7-10-13-16-19-22-24-26-27-28-30-32-35-38-41-44-47-53(56)59-50-51(49-58-52(55)46-43-40-37-34-31-21-18-15-12-9-6-3)60-54(57)48-45-42-39-36-33-29-25-23-20-17-14-11-8-5-2/h14-15,17-18,23,25,51H,4-13,16,19-22,24,26-50H2,1-3H3/b17-14-,18-15-,25-23-. The van der Waals surface area contributed by atoms with E-state index in [-0.39, 0.29) is 31.1 Å². The van der Waals surface area contributed by atoms with Crippen LogP contribution in [0.4, 0.5) is 0 Å². The van der Waals surface area contributed by atoms with Crippen LogP contribution in [0.2, 0.25) is 0 Å². The highest BCUT2D eigenvalue weighted by Crippen LogP contribution is 2.16. The second-order valence-electron chi connectivity index (χ2n) is 17.4. The molecule has 0 fully saturated rings. The number of esters is 3. The van der Waals surface area contributed by atoms with E-state index in [1.807, 2.05) is 0 Å². The molecular weight excluding hydrogens is 745 g/mol. The third-order valence-electron chi connectivity index (χ3n) is 11.4. The summed E-state index contributed by atoms with van der Waals surface area (Å²) in [4.78, 5) is 37.9. The molecule has 0 amide bonds. The fourth-order valence-electron chi connectivity index (χ4n) is 7.38. The van der Waals surface area contributed by atoms with E-state index in [9.17, 15) is 14.4 Å². The first kappa shape index (κ1) is 57.6. The van der Waals surface area contributed by atoms with Gasteiger partial charge in [0.15, 0.2) is 6.10 Å². The first-order valence-electron chi connectivity index (χ1n) is 26.0. The molecule has 0 heterocycles.